The summed E-state index contributed by atoms with van der Waals surface area (Å²) >= 11 is 6.06. The van der Waals surface area contributed by atoms with Gasteiger partial charge in [-0.1, -0.05) is 36.7 Å². The molecule has 0 radical (unpaired) electrons. The van der Waals surface area contributed by atoms with Crippen molar-refractivity contribution in [2.75, 3.05) is 11.4 Å². The fourth-order valence-corrected chi connectivity index (χ4v) is 3.22. The summed E-state index contributed by atoms with van der Waals surface area (Å²) in [6, 6.07) is 13.6. The minimum Gasteiger partial charge on any atom is -0.481 e. The molecular formula is C20H22ClNO2. The normalized spacial score (nSPS) is 14.9. The van der Waals surface area contributed by atoms with Gasteiger partial charge < -0.3 is 9.64 Å². The lowest BCUT2D eigenvalue weighted by Crippen LogP contribution is -2.44. The minimum absolute atomic E-state index is 0.0252. The molecule has 24 heavy (non-hydrogen) atoms. The highest BCUT2D eigenvalue weighted by atomic mass is 35.5. The van der Waals surface area contributed by atoms with Crippen molar-refractivity contribution in [1.82, 2.24) is 0 Å². The number of aryl methyl sites for hydroxylation is 2. The first-order chi connectivity index (χ1) is 11.6. The lowest BCUT2D eigenvalue weighted by molar-refractivity contribution is -0.125. The molecule has 1 aliphatic heterocycles. The van der Waals surface area contributed by atoms with Crippen LogP contribution in [0, 0.1) is 6.92 Å². The number of para-hydroxylation sites is 1. The topological polar surface area (TPSA) is 29.5 Å². The molecule has 1 atom stereocenters. The highest BCUT2D eigenvalue weighted by molar-refractivity contribution is 6.31. The molecule has 3 nitrogen and oxygen atoms in total. The standard InChI is InChI=1S/C20H22ClNO2/c1-3-19(24-16-10-11-17(21)14(2)13-16)20(23)22-12-6-8-15-7-4-5-9-18(15)22/h4-5,7,9-11,13,19H,3,6,8,12H2,1-2H3. The van der Waals surface area contributed by atoms with Crippen molar-refractivity contribution in [2.24, 2.45) is 0 Å². The summed E-state index contributed by atoms with van der Waals surface area (Å²) in [4.78, 5) is 14.9. The molecule has 0 aromatic heterocycles. The molecule has 3 rings (SSSR count). The van der Waals surface area contributed by atoms with Crippen LogP contribution in [0.15, 0.2) is 42.5 Å². The van der Waals surface area contributed by atoms with Crippen molar-refractivity contribution in [1.29, 1.82) is 0 Å². The lowest BCUT2D eigenvalue weighted by atomic mass is 10.0. The largest absolute Gasteiger partial charge is 0.481 e. The summed E-state index contributed by atoms with van der Waals surface area (Å²) < 4.78 is 5.98. The number of hydrogen-bond donors (Lipinski definition) is 0. The molecule has 2 aromatic rings. The quantitative estimate of drug-likeness (QED) is 0.799. The van der Waals surface area contributed by atoms with Crippen LogP contribution in [-0.4, -0.2) is 18.6 Å². The maximum atomic E-state index is 13.0. The van der Waals surface area contributed by atoms with Gasteiger partial charge in [0, 0.05) is 17.3 Å². The number of benzene rings is 2. The van der Waals surface area contributed by atoms with Crippen LogP contribution in [0.25, 0.3) is 0 Å². The Bertz CT molecular complexity index is 744. The Balaban J connectivity index is 1.81. The summed E-state index contributed by atoms with van der Waals surface area (Å²) in [5.41, 5.74) is 3.19. The van der Waals surface area contributed by atoms with Gasteiger partial charge in [-0.3, -0.25) is 4.79 Å². The Kier molecular flexibility index (Phi) is 5.10. The van der Waals surface area contributed by atoms with E-state index < -0.39 is 6.10 Å². The Morgan fingerprint density at radius 2 is 2.08 bits per heavy atom. The molecule has 0 saturated heterocycles. The number of rotatable bonds is 4. The molecule has 0 aliphatic carbocycles. The number of amides is 1. The average molecular weight is 344 g/mol. The van der Waals surface area contributed by atoms with Crippen LogP contribution in [-0.2, 0) is 11.2 Å². The van der Waals surface area contributed by atoms with Gasteiger partial charge in [0.2, 0.25) is 0 Å². The molecular weight excluding hydrogens is 322 g/mol. The van der Waals surface area contributed by atoms with Gasteiger partial charge in [0.05, 0.1) is 0 Å². The van der Waals surface area contributed by atoms with Crippen LogP contribution in [0.1, 0.15) is 30.9 Å². The van der Waals surface area contributed by atoms with Crippen molar-refractivity contribution in [3.05, 3.63) is 58.6 Å². The summed E-state index contributed by atoms with van der Waals surface area (Å²) in [7, 11) is 0. The lowest BCUT2D eigenvalue weighted by Gasteiger charge is -2.32. The van der Waals surface area contributed by atoms with Gasteiger partial charge in [-0.15, -0.1) is 0 Å². The van der Waals surface area contributed by atoms with E-state index >= 15 is 0 Å². The van der Waals surface area contributed by atoms with Crippen LogP contribution in [0.5, 0.6) is 5.75 Å². The van der Waals surface area contributed by atoms with E-state index in [1.165, 1.54) is 5.56 Å². The molecule has 0 spiro atoms. The third-order valence-electron chi connectivity index (χ3n) is 4.43. The molecule has 0 N–H and O–H groups in total. The van der Waals surface area contributed by atoms with E-state index in [-0.39, 0.29) is 5.91 Å². The third-order valence-corrected chi connectivity index (χ3v) is 4.85. The number of hydrogen-bond acceptors (Lipinski definition) is 2. The minimum atomic E-state index is -0.489. The molecule has 0 saturated carbocycles. The highest BCUT2D eigenvalue weighted by Crippen LogP contribution is 2.29. The second-order valence-corrected chi connectivity index (χ2v) is 6.56. The second kappa shape index (κ2) is 7.27. The maximum Gasteiger partial charge on any atom is 0.268 e. The second-order valence-electron chi connectivity index (χ2n) is 6.15. The van der Waals surface area contributed by atoms with E-state index in [0.717, 1.165) is 30.6 Å². The molecule has 4 heteroatoms. The molecule has 1 aliphatic rings. The average Bonchev–Trinajstić information content (AvgIpc) is 2.61. The van der Waals surface area contributed by atoms with Crippen molar-refractivity contribution >= 4 is 23.2 Å². The zero-order valence-electron chi connectivity index (χ0n) is 14.1. The van der Waals surface area contributed by atoms with Crippen LogP contribution in [0.4, 0.5) is 5.69 Å². The molecule has 1 amide bonds. The third kappa shape index (κ3) is 3.41. The fraction of sp³-hybridized carbons (Fsp3) is 0.350. The van der Waals surface area contributed by atoms with Crippen molar-refractivity contribution in [3.63, 3.8) is 0 Å². The molecule has 1 unspecified atom stereocenters. The molecule has 1 heterocycles. The number of carbonyl (C=O) groups excluding carboxylic acids is 1. The summed E-state index contributed by atoms with van der Waals surface area (Å²) in [5, 5.41) is 0.701. The Hall–Kier alpha value is -2.00. The molecule has 0 bridgehead atoms. The monoisotopic (exact) mass is 343 g/mol. The predicted molar refractivity (Wildman–Crippen MR) is 98.0 cm³/mol. The zero-order valence-corrected chi connectivity index (χ0v) is 14.8. The van der Waals surface area contributed by atoms with Crippen molar-refractivity contribution < 1.29 is 9.53 Å². The Labute approximate surface area is 148 Å². The first-order valence-corrected chi connectivity index (χ1v) is 8.80. The number of ether oxygens (including phenoxy) is 1. The number of halogens is 1. The van der Waals surface area contributed by atoms with Crippen LogP contribution in [0.2, 0.25) is 5.02 Å². The molecule has 0 fully saturated rings. The summed E-state index contributed by atoms with van der Waals surface area (Å²) in [5.74, 6) is 0.708. The molecule has 2 aromatic carbocycles. The van der Waals surface area contributed by atoms with E-state index in [0.29, 0.717) is 17.2 Å². The van der Waals surface area contributed by atoms with Gasteiger partial charge in [0.1, 0.15) is 5.75 Å². The summed E-state index contributed by atoms with van der Waals surface area (Å²) in [6.45, 7) is 4.65. The van der Waals surface area contributed by atoms with Gasteiger partial charge in [0.15, 0.2) is 6.10 Å². The van der Waals surface area contributed by atoms with E-state index in [1.54, 1.807) is 6.07 Å². The predicted octanol–water partition coefficient (Wildman–Crippen LogP) is 4.79. The van der Waals surface area contributed by atoms with Gasteiger partial charge in [0.25, 0.3) is 5.91 Å². The van der Waals surface area contributed by atoms with Crippen LogP contribution < -0.4 is 9.64 Å². The number of nitrogens with zero attached hydrogens (tertiary/aromatic N) is 1. The van der Waals surface area contributed by atoms with Crippen LogP contribution >= 0.6 is 11.6 Å². The number of carbonyl (C=O) groups is 1. The summed E-state index contributed by atoms with van der Waals surface area (Å²) in [6.07, 6.45) is 2.14. The van der Waals surface area contributed by atoms with E-state index in [2.05, 4.69) is 6.07 Å². The van der Waals surface area contributed by atoms with Gasteiger partial charge in [-0.2, -0.15) is 0 Å². The highest BCUT2D eigenvalue weighted by Gasteiger charge is 2.29. The maximum absolute atomic E-state index is 13.0. The van der Waals surface area contributed by atoms with Gasteiger partial charge in [-0.25, -0.2) is 0 Å². The van der Waals surface area contributed by atoms with E-state index in [4.69, 9.17) is 16.3 Å². The smallest absolute Gasteiger partial charge is 0.268 e. The van der Waals surface area contributed by atoms with Crippen molar-refractivity contribution in [3.8, 4) is 5.75 Å². The zero-order chi connectivity index (χ0) is 17.1. The van der Waals surface area contributed by atoms with Gasteiger partial charge in [-0.05, 0) is 61.6 Å². The SMILES string of the molecule is CCC(Oc1ccc(Cl)c(C)c1)C(=O)N1CCCc2ccccc21. The first kappa shape index (κ1) is 16.8. The van der Waals surface area contributed by atoms with E-state index in [1.807, 2.05) is 49.1 Å². The van der Waals surface area contributed by atoms with E-state index in [9.17, 15) is 4.79 Å². The first-order valence-electron chi connectivity index (χ1n) is 8.42. The van der Waals surface area contributed by atoms with Gasteiger partial charge >= 0.3 is 0 Å². The number of anilines is 1. The number of fused-ring (bicyclic) bond motifs is 1. The Morgan fingerprint density at radius 1 is 1.29 bits per heavy atom. The van der Waals surface area contributed by atoms with Crippen molar-refractivity contribution in [2.45, 2.75) is 39.2 Å². The molecule has 126 valence electrons. The fourth-order valence-electron chi connectivity index (χ4n) is 3.10. The Morgan fingerprint density at radius 3 is 2.83 bits per heavy atom. The van der Waals surface area contributed by atoms with Crippen LogP contribution in [0.3, 0.4) is 0 Å².